The number of carbonyl (C=O) groups excluding carboxylic acids is 1. The first kappa shape index (κ1) is 13.7. The zero-order valence-electron chi connectivity index (χ0n) is 9.15. The van der Waals surface area contributed by atoms with Gasteiger partial charge in [0.15, 0.2) is 0 Å². The number of unbranched alkanes of at least 4 members (excludes halogenated alkanes) is 1. The highest BCUT2D eigenvalue weighted by atomic mass is 16.1. The summed E-state index contributed by atoms with van der Waals surface area (Å²) in [5.41, 5.74) is 13.3. The summed E-state index contributed by atoms with van der Waals surface area (Å²) in [6.45, 7) is 3.17. The number of nitrogens with two attached hydrogens (primary N) is 1. The van der Waals surface area contributed by atoms with Crippen LogP contribution in [0.25, 0.3) is 10.4 Å². The van der Waals surface area contributed by atoms with Crippen molar-refractivity contribution >= 4 is 5.91 Å². The molecule has 0 rings (SSSR count). The lowest BCUT2D eigenvalue weighted by atomic mass is 10.1. The number of amides is 1. The van der Waals surface area contributed by atoms with Crippen LogP contribution >= 0.6 is 0 Å². The van der Waals surface area contributed by atoms with E-state index in [0.717, 1.165) is 25.7 Å². The summed E-state index contributed by atoms with van der Waals surface area (Å²) in [5.74, 6) is -0.313. The molecule has 0 aromatic carbocycles. The van der Waals surface area contributed by atoms with Gasteiger partial charge in [0.25, 0.3) is 0 Å². The molecular weight excluding hydrogens is 194 g/mol. The van der Waals surface area contributed by atoms with Crippen LogP contribution in [0.2, 0.25) is 0 Å². The maximum atomic E-state index is 11.0. The first-order valence-corrected chi connectivity index (χ1v) is 5.26. The van der Waals surface area contributed by atoms with Crippen molar-refractivity contribution in [2.75, 3.05) is 13.1 Å². The molecule has 0 fully saturated rings. The number of hydrogen-bond acceptors (Lipinski definition) is 3. The normalized spacial score (nSPS) is 11.8. The van der Waals surface area contributed by atoms with Gasteiger partial charge in [0.2, 0.25) is 5.91 Å². The van der Waals surface area contributed by atoms with Crippen LogP contribution < -0.4 is 11.1 Å². The number of nitrogens with one attached hydrogen (secondary N) is 1. The smallest absolute Gasteiger partial charge is 0.234 e. The Morgan fingerprint density at radius 1 is 1.60 bits per heavy atom. The molecule has 6 nitrogen and oxygen atoms in total. The van der Waals surface area contributed by atoms with Crippen LogP contribution in [0.5, 0.6) is 0 Å². The number of rotatable bonds is 9. The quantitative estimate of drug-likeness (QED) is 0.261. The lowest BCUT2D eigenvalue weighted by Crippen LogP contribution is -2.41. The molecule has 0 aliphatic carbocycles. The molecule has 1 amide bonds. The summed E-state index contributed by atoms with van der Waals surface area (Å²) in [4.78, 5) is 13.6. The average Bonchev–Trinajstić information content (AvgIpc) is 2.21. The molecule has 0 radical (unpaired) electrons. The van der Waals surface area contributed by atoms with Gasteiger partial charge >= 0.3 is 0 Å². The number of hydrogen-bond donors (Lipinski definition) is 2. The highest BCUT2D eigenvalue weighted by Gasteiger charge is 2.12. The number of azide groups is 1. The predicted octanol–water partition coefficient (Wildman–Crippen LogP) is 1.32. The molecule has 0 heterocycles. The highest BCUT2D eigenvalue weighted by Crippen LogP contribution is 1.99. The van der Waals surface area contributed by atoms with Crippen LogP contribution in [0.3, 0.4) is 0 Å². The summed E-state index contributed by atoms with van der Waals surface area (Å²) in [6, 6.07) is -0.254. The van der Waals surface area contributed by atoms with Crippen LogP contribution in [-0.4, -0.2) is 25.0 Å². The Balaban J connectivity index is 3.66. The fraction of sp³-hybridized carbons (Fsp3) is 0.889. The second-order valence-electron chi connectivity index (χ2n) is 3.36. The summed E-state index contributed by atoms with van der Waals surface area (Å²) in [6.07, 6.45) is 3.52. The first-order chi connectivity index (χ1) is 7.22. The minimum absolute atomic E-state index is 0.254. The van der Waals surface area contributed by atoms with Gasteiger partial charge in [0, 0.05) is 11.5 Å². The topological polar surface area (TPSA) is 104 Å². The molecule has 15 heavy (non-hydrogen) atoms. The minimum atomic E-state index is -0.313. The molecule has 0 saturated heterocycles. The Kier molecular flexibility index (Phi) is 8.52. The fourth-order valence-electron chi connectivity index (χ4n) is 1.22. The number of primary amides is 1. The van der Waals surface area contributed by atoms with Gasteiger partial charge in [-0.3, -0.25) is 4.79 Å². The van der Waals surface area contributed by atoms with Gasteiger partial charge in [0.1, 0.15) is 0 Å². The van der Waals surface area contributed by atoms with Gasteiger partial charge in [0.05, 0.1) is 6.04 Å². The van der Waals surface area contributed by atoms with E-state index in [4.69, 9.17) is 11.3 Å². The standard InChI is InChI=1S/C9H19N5O/c1-2-3-5-8(9(10)15)12-6-4-7-13-14-11/h8,12H,2-7H2,1H3,(H2,10,15). The Hall–Kier alpha value is -1.26. The monoisotopic (exact) mass is 213 g/mol. The van der Waals surface area contributed by atoms with E-state index in [1.165, 1.54) is 0 Å². The molecule has 3 N–H and O–H groups in total. The molecule has 0 aliphatic rings. The van der Waals surface area contributed by atoms with E-state index in [1.54, 1.807) is 0 Å². The van der Waals surface area contributed by atoms with Gasteiger partial charge in [-0.05, 0) is 24.9 Å². The third kappa shape index (κ3) is 7.78. The van der Waals surface area contributed by atoms with Gasteiger partial charge in [-0.15, -0.1) is 0 Å². The maximum absolute atomic E-state index is 11.0. The minimum Gasteiger partial charge on any atom is -0.368 e. The van der Waals surface area contributed by atoms with Crippen molar-refractivity contribution in [2.24, 2.45) is 10.8 Å². The van der Waals surface area contributed by atoms with Crippen molar-refractivity contribution in [3.05, 3.63) is 10.4 Å². The number of nitrogens with zero attached hydrogens (tertiary/aromatic N) is 3. The fourth-order valence-corrected chi connectivity index (χ4v) is 1.22. The Morgan fingerprint density at radius 2 is 2.33 bits per heavy atom. The largest absolute Gasteiger partial charge is 0.368 e. The molecule has 6 heteroatoms. The molecule has 0 aromatic heterocycles. The van der Waals surface area contributed by atoms with Crippen molar-refractivity contribution in [3.8, 4) is 0 Å². The summed E-state index contributed by atoms with van der Waals surface area (Å²) in [7, 11) is 0. The SMILES string of the molecule is CCCCC(NCCCN=[N+]=[N-])C(N)=O. The summed E-state index contributed by atoms with van der Waals surface area (Å²) < 4.78 is 0. The van der Waals surface area contributed by atoms with E-state index < -0.39 is 0 Å². The highest BCUT2D eigenvalue weighted by molar-refractivity contribution is 5.79. The van der Waals surface area contributed by atoms with Crippen molar-refractivity contribution in [1.29, 1.82) is 0 Å². The third-order valence-corrected chi connectivity index (χ3v) is 2.08. The second-order valence-corrected chi connectivity index (χ2v) is 3.36. The number of carbonyl (C=O) groups is 1. The van der Waals surface area contributed by atoms with E-state index in [0.29, 0.717) is 13.1 Å². The first-order valence-electron chi connectivity index (χ1n) is 5.26. The van der Waals surface area contributed by atoms with Crippen LogP contribution in [0, 0.1) is 0 Å². The lowest BCUT2D eigenvalue weighted by Gasteiger charge is -2.14. The molecule has 1 atom stereocenters. The molecule has 0 spiro atoms. The Labute approximate surface area is 89.8 Å². The molecule has 0 saturated carbocycles. The van der Waals surface area contributed by atoms with Crippen molar-refractivity contribution < 1.29 is 4.79 Å². The molecule has 1 unspecified atom stereocenters. The van der Waals surface area contributed by atoms with E-state index in [1.807, 2.05) is 0 Å². The Morgan fingerprint density at radius 3 is 2.87 bits per heavy atom. The van der Waals surface area contributed by atoms with E-state index in [9.17, 15) is 4.79 Å². The predicted molar refractivity (Wildman–Crippen MR) is 59.1 cm³/mol. The van der Waals surface area contributed by atoms with Gasteiger partial charge < -0.3 is 11.1 Å². The molecule has 0 aliphatic heterocycles. The van der Waals surface area contributed by atoms with E-state index in [-0.39, 0.29) is 11.9 Å². The summed E-state index contributed by atoms with van der Waals surface area (Å²) >= 11 is 0. The zero-order valence-corrected chi connectivity index (χ0v) is 9.15. The molecule has 86 valence electrons. The Bertz CT molecular complexity index is 225. The molecule has 0 aromatic rings. The zero-order chi connectivity index (χ0) is 11.5. The van der Waals surface area contributed by atoms with Gasteiger partial charge in [-0.2, -0.15) is 0 Å². The van der Waals surface area contributed by atoms with Gasteiger partial charge in [-0.25, -0.2) is 0 Å². The van der Waals surface area contributed by atoms with E-state index in [2.05, 4.69) is 22.3 Å². The van der Waals surface area contributed by atoms with Crippen LogP contribution in [0.1, 0.15) is 32.6 Å². The van der Waals surface area contributed by atoms with Crippen molar-refractivity contribution in [3.63, 3.8) is 0 Å². The lowest BCUT2D eigenvalue weighted by molar-refractivity contribution is -0.120. The molecule has 0 bridgehead atoms. The molecular formula is C9H19N5O. The maximum Gasteiger partial charge on any atom is 0.234 e. The third-order valence-electron chi connectivity index (χ3n) is 2.08. The van der Waals surface area contributed by atoms with Gasteiger partial charge in [-0.1, -0.05) is 24.9 Å². The second kappa shape index (κ2) is 9.30. The van der Waals surface area contributed by atoms with E-state index >= 15 is 0 Å². The summed E-state index contributed by atoms with van der Waals surface area (Å²) in [5, 5.41) is 6.46. The van der Waals surface area contributed by atoms with Crippen LogP contribution in [0.15, 0.2) is 5.11 Å². The van der Waals surface area contributed by atoms with Crippen molar-refractivity contribution in [1.82, 2.24) is 5.32 Å². The van der Waals surface area contributed by atoms with Crippen LogP contribution in [0.4, 0.5) is 0 Å². The van der Waals surface area contributed by atoms with Crippen molar-refractivity contribution in [2.45, 2.75) is 38.6 Å². The average molecular weight is 213 g/mol. The van der Waals surface area contributed by atoms with Crippen LogP contribution in [-0.2, 0) is 4.79 Å².